The first-order valence-corrected chi connectivity index (χ1v) is 10.3. The van der Waals surface area contributed by atoms with Crippen LogP contribution in [0.2, 0.25) is 0 Å². The van der Waals surface area contributed by atoms with Crippen LogP contribution in [0.4, 0.5) is 24.5 Å². The molecule has 0 bridgehead atoms. The average molecular weight is 482 g/mol. The molecule has 1 heterocycles. The number of anilines is 2. The number of alkyl halides is 3. The van der Waals surface area contributed by atoms with E-state index in [1.807, 2.05) is 0 Å². The molecule has 0 aliphatic carbocycles. The number of rotatable bonds is 5. The van der Waals surface area contributed by atoms with Crippen LogP contribution in [0, 0.1) is 5.92 Å². The second kappa shape index (κ2) is 11.4. The lowest BCUT2D eigenvalue weighted by Gasteiger charge is -2.33. The van der Waals surface area contributed by atoms with Gasteiger partial charge in [0.2, 0.25) is 0 Å². The SMILES string of the molecule is COc1ccc(C(=O)Nc2ccc(N3CCCC(C)C3)c(C(=O)O)c2)cc1.O=C(O)C(F)(F)F. The summed E-state index contributed by atoms with van der Waals surface area (Å²) in [7, 11) is 1.56. The van der Waals surface area contributed by atoms with Gasteiger partial charge in [0.15, 0.2) is 0 Å². The number of piperidine rings is 1. The highest BCUT2D eigenvalue weighted by Gasteiger charge is 2.38. The number of nitrogens with one attached hydrogen (secondary N) is 1. The Morgan fingerprint density at radius 3 is 2.21 bits per heavy atom. The molecule has 1 amide bonds. The molecule has 8 nitrogen and oxygen atoms in total. The molecule has 1 fully saturated rings. The number of benzene rings is 2. The molecule has 0 radical (unpaired) electrons. The molecule has 1 aliphatic heterocycles. The molecule has 2 aromatic carbocycles. The third-order valence-electron chi connectivity index (χ3n) is 5.08. The number of hydrogen-bond donors (Lipinski definition) is 3. The van der Waals surface area contributed by atoms with Gasteiger partial charge >= 0.3 is 18.1 Å². The zero-order chi connectivity index (χ0) is 25.5. The Morgan fingerprint density at radius 2 is 1.71 bits per heavy atom. The van der Waals surface area contributed by atoms with Gasteiger partial charge in [-0.05, 0) is 61.2 Å². The number of carbonyl (C=O) groups excluding carboxylic acids is 1. The fourth-order valence-electron chi connectivity index (χ4n) is 3.41. The van der Waals surface area contributed by atoms with E-state index in [-0.39, 0.29) is 11.5 Å². The van der Waals surface area contributed by atoms with E-state index < -0.39 is 18.1 Å². The predicted octanol–water partition coefficient (Wildman–Crippen LogP) is 4.52. The number of methoxy groups -OCH3 is 1. The lowest BCUT2D eigenvalue weighted by Crippen LogP contribution is -2.35. The number of carboxylic acids is 2. The van der Waals surface area contributed by atoms with Crippen LogP contribution in [0.1, 0.15) is 40.5 Å². The number of nitrogens with zero attached hydrogens (tertiary/aromatic N) is 1. The average Bonchev–Trinajstić information content (AvgIpc) is 2.78. The van der Waals surface area contributed by atoms with E-state index in [0.717, 1.165) is 25.9 Å². The maximum Gasteiger partial charge on any atom is 0.490 e. The minimum atomic E-state index is -5.08. The molecule has 184 valence electrons. The predicted molar refractivity (Wildman–Crippen MR) is 119 cm³/mol. The highest BCUT2D eigenvalue weighted by molar-refractivity contribution is 6.05. The highest BCUT2D eigenvalue weighted by atomic mass is 19.4. The molecular weight excluding hydrogens is 457 g/mol. The summed E-state index contributed by atoms with van der Waals surface area (Å²) in [5.41, 5.74) is 1.84. The summed E-state index contributed by atoms with van der Waals surface area (Å²) in [6.45, 7) is 3.87. The van der Waals surface area contributed by atoms with E-state index in [9.17, 15) is 27.9 Å². The number of aromatic carboxylic acids is 1. The minimum Gasteiger partial charge on any atom is -0.497 e. The molecule has 11 heteroatoms. The van der Waals surface area contributed by atoms with Gasteiger partial charge in [-0.1, -0.05) is 6.92 Å². The summed E-state index contributed by atoms with van der Waals surface area (Å²) in [4.78, 5) is 35.2. The van der Waals surface area contributed by atoms with Crippen molar-refractivity contribution >= 4 is 29.2 Å². The zero-order valence-corrected chi connectivity index (χ0v) is 18.6. The molecular formula is C23H25F3N2O6. The van der Waals surface area contributed by atoms with Crippen molar-refractivity contribution in [1.29, 1.82) is 0 Å². The number of amides is 1. The second-order valence-electron chi connectivity index (χ2n) is 7.72. The first-order valence-electron chi connectivity index (χ1n) is 10.3. The molecule has 0 saturated carbocycles. The lowest BCUT2D eigenvalue weighted by atomic mass is 9.98. The molecule has 0 spiro atoms. The van der Waals surface area contributed by atoms with Gasteiger partial charge in [0.25, 0.3) is 5.91 Å². The summed E-state index contributed by atoms with van der Waals surface area (Å²) < 4.78 is 36.8. The Morgan fingerprint density at radius 1 is 1.09 bits per heavy atom. The van der Waals surface area contributed by atoms with Crippen molar-refractivity contribution in [3.05, 3.63) is 53.6 Å². The van der Waals surface area contributed by atoms with Crippen molar-refractivity contribution in [2.45, 2.75) is 25.9 Å². The smallest absolute Gasteiger partial charge is 0.490 e. The molecule has 0 aromatic heterocycles. The van der Waals surface area contributed by atoms with Crippen LogP contribution in [0.15, 0.2) is 42.5 Å². The van der Waals surface area contributed by atoms with E-state index in [0.29, 0.717) is 28.6 Å². The van der Waals surface area contributed by atoms with Gasteiger partial charge in [-0.3, -0.25) is 4.79 Å². The number of hydrogen-bond acceptors (Lipinski definition) is 5. The van der Waals surface area contributed by atoms with Crippen LogP contribution < -0.4 is 15.0 Å². The molecule has 2 aromatic rings. The van der Waals surface area contributed by atoms with E-state index in [1.165, 1.54) is 6.07 Å². The van der Waals surface area contributed by atoms with Crippen molar-refractivity contribution in [1.82, 2.24) is 0 Å². The maximum absolute atomic E-state index is 12.4. The van der Waals surface area contributed by atoms with Gasteiger partial charge in [-0.15, -0.1) is 0 Å². The quantitative estimate of drug-likeness (QED) is 0.574. The summed E-state index contributed by atoms with van der Waals surface area (Å²) in [6.07, 6.45) is -2.87. The largest absolute Gasteiger partial charge is 0.497 e. The number of halogens is 3. The van der Waals surface area contributed by atoms with E-state index >= 15 is 0 Å². The number of aliphatic carboxylic acids is 1. The molecule has 1 aliphatic rings. The third-order valence-corrected chi connectivity index (χ3v) is 5.08. The molecule has 3 N–H and O–H groups in total. The Bertz CT molecular complexity index is 1020. The molecule has 3 rings (SSSR count). The fourth-order valence-corrected chi connectivity index (χ4v) is 3.41. The fraction of sp³-hybridized carbons (Fsp3) is 0.348. The summed E-state index contributed by atoms with van der Waals surface area (Å²) in [5, 5.41) is 19.5. The zero-order valence-electron chi connectivity index (χ0n) is 18.6. The summed E-state index contributed by atoms with van der Waals surface area (Å²) in [5.74, 6) is -2.85. The van der Waals surface area contributed by atoms with Crippen molar-refractivity contribution in [2.24, 2.45) is 5.92 Å². The molecule has 1 saturated heterocycles. The monoisotopic (exact) mass is 482 g/mol. The van der Waals surface area contributed by atoms with Crippen LogP contribution >= 0.6 is 0 Å². The summed E-state index contributed by atoms with van der Waals surface area (Å²) in [6, 6.07) is 11.8. The van der Waals surface area contributed by atoms with E-state index in [1.54, 1.807) is 43.5 Å². The first-order chi connectivity index (χ1) is 15.9. The Balaban J connectivity index is 0.000000509. The van der Waals surface area contributed by atoms with Gasteiger partial charge in [0, 0.05) is 24.3 Å². The Kier molecular flexibility index (Phi) is 8.88. The van der Waals surface area contributed by atoms with Crippen LogP contribution in [-0.2, 0) is 4.79 Å². The molecule has 34 heavy (non-hydrogen) atoms. The van der Waals surface area contributed by atoms with Gasteiger partial charge in [0.1, 0.15) is 5.75 Å². The van der Waals surface area contributed by atoms with Gasteiger partial charge in [-0.25, -0.2) is 9.59 Å². The highest BCUT2D eigenvalue weighted by Crippen LogP contribution is 2.29. The van der Waals surface area contributed by atoms with Crippen LogP contribution in [0.5, 0.6) is 5.75 Å². The minimum absolute atomic E-state index is 0.205. The molecule has 1 unspecified atom stereocenters. The maximum atomic E-state index is 12.4. The first kappa shape index (κ1) is 26.5. The van der Waals surface area contributed by atoms with Crippen molar-refractivity contribution in [3.63, 3.8) is 0 Å². The standard InChI is InChI=1S/C21H24N2O4.C2HF3O2/c1-14-4-3-11-23(13-14)19-10-7-16(12-18(19)21(25)26)22-20(24)15-5-8-17(27-2)9-6-15;3-2(4,5)1(6)7/h5-10,12,14H,3-4,11,13H2,1-2H3,(H,22,24)(H,25,26);(H,6,7). The topological polar surface area (TPSA) is 116 Å². The normalized spacial score (nSPS) is 15.6. The van der Waals surface area contributed by atoms with E-state index in [4.69, 9.17) is 14.6 Å². The Labute approximate surface area is 193 Å². The summed E-state index contributed by atoms with van der Waals surface area (Å²) >= 11 is 0. The van der Waals surface area contributed by atoms with Crippen LogP contribution in [0.25, 0.3) is 0 Å². The second-order valence-corrected chi connectivity index (χ2v) is 7.72. The number of carboxylic acid groups (broad SMARTS) is 2. The van der Waals surface area contributed by atoms with Crippen molar-refractivity contribution < 1.29 is 42.5 Å². The van der Waals surface area contributed by atoms with E-state index in [2.05, 4.69) is 17.1 Å². The third kappa shape index (κ3) is 7.39. The van der Waals surface area contributed by atoms with Gasteiger partial charge < -0.3 is 25.2 Å². The lowest BCUT2D eigenvalue weighted by molar-refractivity contribution is -0.192. The van der Waals surface area contributed by atoms with Crippen LogP contribution in [-0.4, -0.2) is 54.4 Å². The van der Waals surface area contributed by atoms with Gasteiger partial charge in [0.05, 0.1) is 18.4 Å². The molecule has 1 atom stereocenters. The van der Waals surface area contributed by atoms with Crippen molar-refractivity contribution in [3.8, 4) is 5.75 Å². The van der Waals surface area contributed by atoms with Crippen molar-refractivity contribution in [2.75, 3.05) is 30.4 Å². The number of carbonyl (C=O) groups is 3. The Hall–Kier alpha value is -3.76. The van der Waals surface area contributed by atoms with Crippen LogP contribution in [0.3, 0.4) is 0 Å². The van der Waals surface area contributed by atoms with Gasteiger partial charge in [-0.2, -0.15) is 13.2 Å². The number of ether oxygens (including phenoxy) is 1.